The molecule has 1 rings (SSSR count). The van der Waals surface area contributed by atoms with E-state index in [0.717, 1.165) is 70.6 Å². The highest BCUT2D eigenvalue weighted by Gasteiger charge is 2.36. The van der Waals surface area contributed by atoms with E-state index in [0.29, 0.717) is 36.1 Å². The van der Waals surface area contributed by atoms with Crippen LogP contribution in [-0.2, 0) is 37.4 Å². The van der Waals surface area contributed by atoms with E-state index >= 15 is 0 Å². The first-order valence-corrected chi connectivity index (χ1v) is 25.3. The molecule has 1 fully saturated rings. The van der Waals surface area contributed by atoms with Gasteiger partial charge in [0.1, 0.15) is 19.8 Å². The van der Waals surface area contributed by atoms with Crippen molar-refractivity contribution in [3.05, 3.63) is 36.5 Å². The third-order valence-electron chi connectivity index (χ3n) is 10.6. The number of esters is 2. The van der Waals surface area contributed by atoms with E-state index in [1.54, 1.807) is 0 Å². The molecule has 0 amide bonds. The number of phosphoric ester groups is 1. The lowest BCUT2D eigenvalue weighted by atomic mass is 10.1. The number of carbonyl (C=O) groups is 2. The second-order valence-corrected chi connectivity index (χ2v) is 19.0. The van der Waals surface area contributed by atoms with Crippen LogP contribution in [0.1, 0.15) is 194 Å². The summed E-state index contributed by atoms with van der Waals surface area (Å²) in [4.78, 5) is 35.5. The smallest absolute Gasteiger partial charge is 0.462 e. The van der Waals surface area contributed by atoms with Gasteiger partial charge in [0.2, 0.25) is 0 Å². The Morgan fingerprint density at radius 1 is 0.627 bits per heavy atom. The first-order valence-electron chi connectivity index (χ1n) is 23.8. The highest BCUT2D eigenvalue weighted by atomic mass is 31.2. The Balaban J connectivity index is 2.25. The molecule has 59 heavy (non-hydrogen) atoms. The van der Waals surface area contributed by atoms with Gasteiger partial charge < -0.3 is 23.6 Å². The summed E-state index contributed by atoms with van der Waals surface area (Å²) in [5, 5.41) is 0. The molecule has 0 saturated carbocycles. The summed E-state index contributed by atoms with van der Waals surface area (Å²) >= 11 is 0. The Labute approximate surface area is 361 Å². The summed E-state index contributed by atoms with van der Waals surface area (Å²) in [7, 11) is 1.46. The normalized spacial score (nSPS) is 17.3. The van der Waals surface area contributed by atoms with Crippen molar-refractivity contribution in [2.75, 3.05) is 47.5 Å². The van der Waals surface area contributed by atoms with Gasteiger partial charge in [-0.25, -0.2) is 4.57 Å². The van der Waals surface area contributed by atoms with Gasteiger partial charge in [0, 0.05) is 12.8 Å². The second-order valence-electron chi connectivity index (χ2n) is 17.5. The fourth-order valence-corrected chi connectivity index (χ4v) is 7.44. The number of rotatable bonds is 42. The van der Waals surface area contributed by atoms with E-state index in [1.807, 2.05) is 21.1 Å². The number of allylic oxidation sites excluding steroid dienone is 5. The molecule has 11 heteroatoms. The fourth-order valence-electron chi connectivity index (χ4n) is 6.70. The SMILES string of the molecule is CCCCC/C=C\C/C=C\CCCCCCCCCCCC(=O)O[C@H](COC(=O)CCCCCCCC1OC1C/C=C\CCCCC)COP(=O)(O)OCC[N+](C)(C)C. The lowest BCUT2D eigenvalue weighted by Crippen LogP contribution is -2.37. The van der Waals surface area contributed by atoms with Gasteiger partial charge in [-0.1, -0.05) is 147 Å². The van der Waals surface area contributed by atoms with Gasteiger partial charge in [0.05, 0.1) is 40.0 Å². The fraction of sp³-hybridized carbons (Fsp3) is 0.833. The molecule has 1 N–H and O–H groups in total. The minimum absolute atomic E-state index is 0.0254. The molecule has 3 unspecified atom stereocenters. The van der Waals surface area contributed by atoms with Gasteiger partial charge in [-0.2, -0.15) is 0 Å². The summed E-state index contributed by atoms with van der Waals surface area (Å²) in [6, 6.07) is 0. The Hall–Kier alpha value is -1.81. The Morgan fingerprint density at radius 2 is 1.14 bits per heavy atom. The van der Waals surface area contributed by atoms with Crippen LogP contribution in [0.2, 0.25) is 0 Å². The third-order valence-corrected chi connectivity index (χ3v) is 11.6. The maximum atomic E-state index is 12.7. The highest BCUT2D eigenvalue weighted by Crippen LogP contribution is 2.43. The standard InChI is InChI=1S/C48H88NO9P/c1-6-8-10-12-14-15-16-17-18-19-20-21-22-23-24-25-26-30-35-39-48(51)57-44(43-56-59(52,53)55-41-40-49(3,4)5)42-54-47(50)38-34-31-27-29-33-37-46-45(58-46)36-32-28-13-11-9-7-2/h14-15,17-18,28,32,44-46H,6-13,16,19-27,29-31,33-43H2,1-5H3/p+1/b15-14-,18-17-,32-28-/t44-,45?,46?/m1/s1. The molecule has 0 aromatic heterocycles. The molecule has 344 valence electrons. The first-order chi connectivity index (χ1) is 28.5. The quantitative estimate of drug-likeness (QED) is 0.0160. The lowest BCUT2D eigenvalue weighted by Gasteiger charge is -2.24. The zero-order chi connectivity index (χ0) is 43.3. The van der Waals surface area contributed by atoms with Crippen molar-refractivity contribution in [3.8, 4) is 0 Å². The number of unbranched alkanes of at least 4 members (excludes halogenated alkanes) is 19. The van der Waals surface area contributed by atoms with Crippen LogP contribution in [0.4, 0.5) is 0 Å². The van der Waals surface area contributed by atoms with Crippen molar-refractivity contribution in [2.24, 2.45) is 0 Å². The zero-order valence-electron chi connectivity index (χ0n) is 38.4. The van der Waals surface area contributed by atoms with Gasteiger partial charge in [0.15, 0.2) is 6.10 Å². The second kappa shape index (κ2) is 36.8. The molecule has 0 aromatic rings. The molecule has 0 radical (unpaired) electrons. The summed E-state index contributed by atoms with van der Waals surface area (Å²) in [6.07, 6.45) is 43.5. The van der Waals surface area contributed by atoms with Gasteiger partial charge in [-0.05, 0) is 70.6 Å². The molecule has 0 aromatic carbocycles. The van der Waals surface area contributed by atoms with E-state index < -0.39 is 26.5 Å². The molecule has 0 aliphatic carbocycles. The van der Waals surface area contributed by atoms with Crippen LogP contribution in [0, 0.1) is 0 Å². The minimum atomic E-state index is -4.39. The van der Waals surface area contributed by atoms with Crippen molar-refractivity contribution < 1.29 is 46.8 Å². The molecular weight excluding hydrogens is 766 g/mol. The topological polar surface area (TPSA) is 121 Å². The predicted molar refractivity (Wildman–Crippen MR) is 242 cm³/mol. The third kappa shape index (κ3) is 37.7. The van der Waals surface area contributed by atoms with Crippen LogP contribution in [0.3, 0.4) is 0 Å². The number of carbonyl (C=O) groups excluding carboxylic acids is 2. The Bertz CT molecular complexity index is 1170. The van der Waals surface area contributed by atoms with E-state index in [9.17, 15) is 19.0 Å². The van der Waals surface area contributed by atoms with E-state index in [-0.39, 0.29) is 32.0 Å². The molecule has 0 spiro atoms. The average Bonchev–Trinajstić information content (AvgIpc) is 3.94. The Kier molecular flexibility index (Phi) is 34.4. The summed E-state index contributed by atoms with van der Waals surface area (Å²) in [5.74, 6) is -0.824. The molecule has 1 heterocycles. The minimum Gasteiger partial charge on any atom is -0.462 e. The van der Waals surface area contributed by atoms with E-state index in [4.69, 9.17) is 23.3 Å². The summed E-state index contributed by atoms with van der Waals surface area (Å²) in [6.45, 7) is 4.34. The van der Waals surface area contributed by atoms with Gasteiger partial charge in [-0.3, -0.25) is 18.6 Å². The van der Waals surface area contributed by atoms with Crippen LogP contribution in [0.25, 0.3) is 0 Å². The number of hydrogen-bond acceptors (Lipinski definition) is 8. The van der Waals surface area contributed by atoms with Crippen LogP contribution in [0.15, 0.2) is 36.5 Å². The monoisotopic (exact) mass is 855 g/mol. The van der Waals surface area contributed by atoms with Gasteiger partial charge in [0.25, 0.3) is 0 Å². The maximum absolute atomic E-state index is 12.7. The van der Waals surface area contributed by atoms with Crippen molar-refractivity contribution in [3.63, 3.8) is 0 Å². The van der Waals surface area contributed by atoms with Crippen molar-refractivity contribution >= 4 is 19.8 Å². The number of hydrogen-bond donors (Lipinski definition) is 1. The van der Waals surface area contributed by atoms with Crippen molar-refractivity contribution in [2.45, 2.75) is 212 Å². The van der Waals surface area contributed by atoms with E-state index in [2.05, 4.69) is 50.3 Å². The maximum Gasteiger partial charge on any atom is 0.472 e. The van der Waals surface area contributed by atoms with Crippen molar-refractivity contribution in [1.29, 1.82) is 0 Å². The number of quaternary nitrogens is 1. The number of phosphoric acid groups is 1. The number of likely N-dealkylation sites (N-methyl/N-ethyl adjacent to an activating group) is 1. The molecule has 1 saturated heterocycles. The number of ether oxygens (including phenoxy) is 3. The highest BCUT2D eigenvalue weighted by molar-refractivity contribution is 7.47. The Morgan fingerprint density at radius 3 is 1.71 bits per heavy atom. The summed E-state index contributed by atoms with van der Waals surface area (Å²) < 4.78 is 40.2. The van der Waals surface area contributed by atoms with Crippen LogP contribution in [0.5, 0.6) is 0 Å². The van der Waals surface area contributed by atoms with E-state index in [1.165, 1.54) is 83.5 Å². The van der Waals surface area contributed by atoms with Crippen LogP contribution >= 0.6 is 7.82 Å². The average molecular weight is 855 g/mol. The molecule has 4 atom stereocenters. The first kappa shape index (κ1) is 55.2. The summed E-state index contributed by atoms with van der Waals surface area (Å²) in [5.41, 5.74) is 0. The van der Waals surface area contributed by atoms with Crippen LogP contribution < -0.4 is 0 Å². The number of nitrogens with zero attached hydrogens (tertiary/aromatic N) is 1. The molecule has 10 nitrogen and oxygen atoms in total. The molecule has 0 bridgehead atoms. The zero-order valence-corrected chi connectivity index (χ0v) is 39.3. The predicted octanol–water partition coefficient (Wildman–Crippen LogP) is 12.7. The van der Waals surface area contributed by atoms with Crippen LogP contribution in [-0.4, -0.2) is 87.1 Å². The number of epoxide rings is 1. The molecular formula is C48H89NO9P+. The molecule has 1 aliphatic rings. The van der Waals surface area contributed by atoms with Gasteiger partial charge >= 0.3 is 19.8 Å². The van der Waals surface area contributed by atoms with Crippen molar-refractivity contribution in [1.82, 2.24) is 0 Å². The molecule has 1 aliphatic heterocycles. The van der Waals surface area contributed by atoms with Gasteiger partial charge in [-0.15, -0.1) is 0 Å². The largest absolute Gasteiger partial charge is 0.472 e. The lowest BCUT2D eigenvalue weighted by molar-refractivity contribution is -0.870.